The monoisotopic (exact) mass is 327 g/mol. The molecule has 1 fully saturated rings. The molecule has 1 aliphatic rings. The molecule has 1 aromatic carbocycles. The van der Waals surface area contributed by atoms with Crippen LogP contribution in [0.1, 0.15) is 42.4 Å². The van der Waals surface area contributed by atoms with E-state index in [9.17, 15) is 9.59 Å². The molecular formula is C19H25N3O2. The van der Waals surface area contributed by atoms with Crippen LogP contribution in [0.2, 0.25) is 0 Å². The quantitative estimate of drug-likeness (QED) is 0.808. The summed E-state index contributed by atoms with van der Waals surface area (Å²) in [5, 5.41) is 6.87. The Labute approximate surface area is 141 Å². The summed E-state index contributed by atoms with van der Waals surface area (Å²) in [5.41, 5.74) is 3.79. The van der Waals surface area contributed by atoms with Crippen LogP contribution in [0.3, 0.4) is 0 Å². The molecule has 0 bridgehead atoms. The van der Waals surface area contributed by atoms with Crippen molar-refractivity contribution in [2.45, 2.75) is 52.0 Å². The molecule has 1 aliphatic carbocycles. The van der Waals surface area contributed by atoms with Crippen molar-refractivity contribution < 1.29 is 4.79 Å². The molecule has 5 nitrogen and oxygen atoms in total. The molecule has 1 saturated carbocycles. The van der Waals surface area contributed by atoms with Gasteiger partial charge in [0.15, 0.2) is 0 Å². The standard InChI is InChI=1S/C19H25N3O2/c1-12-7-8-14-11-15(18(23)22-17(14)13(12)2)9-10-20-19(24)21-16-5-3-4-6-16/h7-8,11,16H,3-6,9-10H2,1-2H3,(H,22,23)(H2,20,21,24). The van der Waals surface area contributed by atoms with Gasteiger partial charge in [-0.15, -0.1) is 0 Å². The minimum absolute atomic E-state index is 0.0748. The Morgan fingerprint density at radius 3 is 2.75 bits per heavy atom. The molecule has 5 heteroatoms. The van der Waals surface area contributed by atoms with Gasteiger partial charge in [-0.05, 0) is 55.7 Å². The molecule has 0 atom stereocenters. The van der Waals surface area contributed by atoms with E-state index in [0.717, 1.165) is 34.9 Å². The third-order valence-corrected chi connectivity index (χ3v) is 5.00. The molecule has 3 N–H and O–H groups in total. The van der Waals surface area contributed by atoms with E-state index in [-0.39, 0.29) is 11.6 Å². The summed E-state index contributed by atoms with van der Waals surface area (Å²) in [4.78, 5) is 27.1. The molecule has 1 aromatic heterocycles. The normalized spacial score (nSPS) is 14.9. The van der Waals surface area contributed by atoms with Crippen molar-refractivity contribution in [1.29, 1.82) is 0 Å². The number of fused-ring (bicyclic) bond motifs is 1. The van der Waals surface area contributed by atoms with Gasteiger partial charge in [0.05, 0.1) is 5.52 Å². The van der Waals surface area contributed by atoms with E-state index in [2.05, 4.69) is 21.7 Å². The zero-order chi connectivity index (χ0) is 17.1. The summed E-state index contributed by atoms with van der Waals surface area (Å²) in [5.74, 6) is 0. The second kappa shape index (κ2) is 7.07. The number of hydrogen-bond acceptors (Lipinski definition) is 2. The Bertz CT molecular complexity index is 804. The highest BCUT2D eigenvalue weighted by molar-refractivity contribution is 5.83. The van der Waals surface area contributed by atoms with E-state index in [1.165, 1.54) is 12.8 Å². The van der Waals surface area contributed by atoms with Gasteiger partial charge in [-0.1, -0.05) is 25.0 Å². The minimum atomic E-state index is -0.134. The van der Waals surface area contributed by atoms with Crippen molar-refractivity contribution in [1.82, 2.24) is 15.6 Å². The van der Waals surface area contributed by atoms with E-state index in [0.29, 0.717) is 24.6 Å². The van der Waals surface area contributed by atoms with E-state index in [1.54, 1.807) is 0 Å². The molecule has 3 rings (SSSR count). The molecule has 0 unspecified atom stereocenters. The van der Waals surface area contributed by atoms with Crippen molar-refractivity contribution in [3.05, 3.63) is 45.2 Å². The molecule has 2 aromatic rings. The van der Waals surface area contributed by atoms with Crippen molar-refractivity contribution in [3.8, 4) is 0 Å². The van der Waals surface area contributed by atoms with Crippen LogP contribution in [0.15, 0.2) is 23.0 Å². The SMILES string of the molecule is Cc1ccc2cc(CCNC(=O)NC3CCCC3)c(=O)[nH]c2c1C. The van der Waals surface area contributed by atoms with E-state index >= 15 is 0 Å². The number of H-pyrrole nitrogens is 1. The van der Waals surface area contributed by atoms with E-state index in [4.69, 9.17) is 0 Å². The number of hydrogen-bond donors (Lipinski definition) is 3. The van der Waals surface area contributed by atoms with Gasteiger partial charge in [0.2, 0.25) is 0 Å². The largest absolute Gasteiger partial charge is 0.338 e. The molecule has 1 heterocycles. The first kappa shape index (κ1) is 16.6. The molecule has 128 valence electrons. The maximum atomic E-state index is 12.3. The van der Waals surface area contributed by atoms with Crippen LogP contribution in [-0.4, -0.2) is 23.6 Å². The predicted molar refractivity (Wildman–Crippen MR) is 96.5 cm³/mol. The molecule has 24 heavy (non-hydrogen) atoms. The second-order valence-corrected chi connectivity index (χ2v) is 6.73. The first-order valence-corrected chi connectivity index (χ1v) is 8.71. The van der Waals surface area contributed by atoms with Crippen molar-refractivity contribution in [2.24, 2.45) is 0 Å². The number of aryl methyl sites for hydroxylation is 2. The smallest absolute Gasteiger partial charge is 0.315 e. The number of carbonyl (C=O) groups excluding carboxylic acids is 1. The number of nitrogens with one attached hydrogen (secondary N) is 3. The zero-order valence-corrected chi connectivity index (χ0v) is 14.4. The minimum Gasteiger partial charge on any atom is -0.338 e. The van der Waals surface area contributed by atoms with E-state index < -0.39 is 0 Å². The summed E-state index contributed by atoms with van der Waals surface area (Å²) >= 11 is 0. The average Bonchev–Trinajstić information content (AvgIpc) is 3.05. The maximum Gasteiger partial charge on any atom is 0.315 e. The van der Waals surface area contributed by atoms with Gasteiger partial charge < -0.3 is 15.6 Å². The predicted octanol–water partition coefficient (Wildman–Crippen LogP) is 2.93. The molecule has 0 aliphatic heterocycles. The summed E-state index contributed by atoms with van der Waals surface area (Å²) in [6.45, 7) is 4.51. The van der Waals surface area contributed by atoms with Gasteiger partial charge in [0, 0.05) is 18.2 Å². The molecule has 0 spiro atoms. The zero-order valence-electron chi connectivity index (χ0n) is 14.4. The van der Waals surface area contributed by atoms with Crippen LogP contribution in [0.4, 0.5) is 4.79 Å². The van der Waals surface area contributed by atoms with Crippen LogP contribution in [0, 0.1) is 13.8 Å². The second-order valence-electron chi connectivity index (χ2n) is 6.73. The highest BCUT2D eigenvalue weighted by atomic mass is 16.2. The van der Waals surface area contributed by atoms with Gasteiger partial charge in [0.25, 0.3) is 5.56 Å². The number of carbonyl (C=O) groups is 1. The van der Waals surface area contributed by atoms with Crippen LogP contribution < -0.4 is 16.2 Å². The third kappa shape index (κ3) is 3.61. The van der Waals surface area contributed by atoms with Gasteiger partial charge >= 0.3 is 6.03 Å². The van der Waals surface area contributed by atoms with Gasteiger partial charge in [0.1, 0.15) is 0 Å². The maximum absolute atomic E-state index is 12.3. The van der Waals surface area contributed by atoms with Crippen LogP contribution in [0.25, 0.3) is 10.9 Å². The number of benzene rings is 1. The lowest BCUT2D eigenvalue weighted by Gasteiger charge is -2.13. The first-order chi connectivity index (χ1) is 11.5. The summed E-state index contributed by atoms with van der Waals surface area (Å²) < 4.78 is 0. The Morgan fingerprint density at radius 1 is 1.25 bits per heavy atom. The van der Waals surface area contributed by atoms with Crippen molar-refractivity contribution in [2.75, 3.05) is 6.54 Å². The lowest BCUT2D eigenvalue weighted by atomic mass is 10.0. The number of pyridine rings is 1. The third-order valence-electron chi connectivity index (χ3n) is 5.00. The summed E-state index contributed by atoms with van der Waals surface area (Å²) in [6, 6.07) is 6.19. The van der Waals surface area contributed by atoms with Crippen LogP contribution in [0.5, 0.6) is 0 Å². The number of amides is 2. The Hall–Kier alpha value is -2.30. The highest BCUT2D eigenvalue weighted by Crippen LogP contribution is 2.19. The van der Waals surface area contributed by atoms with Crippen LogP contribution >= 0.6 is 0 Å². The molecule has 0 radical (unpaired) electrons. The fraction of sp³-hybridized carbons (Fsp3) is 0.474. The Kier molecular flexibility index (Phi) is 4.88. The fourth-order valence-electron chi connectivity index (χ4n) is 3.37. The molecule has 0 saturated heterocycles. The van der Waals surface area contributed by atoms with Crippen LogP contribution in [-0.2, 0) is 6.42 Å². The highest BCUT2D eigenvalue weighted by Gasteiger charge is 2.16. The lowest BCUT2D eigenvalue weighted by Crippen LogP contribution is -2.41. The van der Waals surface area contributed by atoms with Crippen molar-refractivity contribution in [3.63, 3.8) is 0 Å². The number of aromatic amines is 1. The van der Waals surface area contributed by atoms with Gasteiger partial charge in [-0.3, -0.25) is 4.79 Å². The Morgan fingerprint density at radius 2 is 2.00 bits per heavy atom. The Balaban J connectivity index is 1.63. The summed E-state index contributed by atoms with van der Waals surface area (Å²) in [7, 11) is 0. The average molecular weight is 327 g/mol. The van der Waals surface area contributed by atoms with E-state index in [1.807, 2.05) is 26.0 Å². The molecular weight excluding hydrogens is 302 g/mol. The topological polar surface area (TPSA) is 74.0 Å². The number of aromatic nitrogens is 1. The summed E-state index contributed by atoms with van der Waals surface area (Å²) in [6.07, 6.45) is 5.04. The first-order valence-electron chi connectivity index (χ1n) is 8.71. The van der Waals surface area contributed by atoms with Gasteiger partial charge in [-0.25, -0.2) is 4.79 Å². The molecule has 2 amide bonds. The number of rotatable bonds is 4. The van der Waals surface area contributed by atoms with Crippen molar-refractivity contribution >= 4 is 16.9 Å². The lowest BCUT2D eigenvalue weighted by molar-refractivity contribution is 0.237. The number of urea groups is 1. The van der Waals surface area contributed by atoms with Gasteiger partial charge in [-0.2, -0.15) is 0 Å². The fourth-order valence-corrected chi connectivity index (χ4v) is 3.37.